The van der Waals surface area contributed by atoms with Crippen LogP contribution in [0.4, 0.5) is 5.82 Å². The Hall–Kier alpha value is -6.14. The molecule has 0 amide bonds. The molecular weight excluding hydrogens is 790 g/mol. The monoisotopic (exact) mass is 847 g/mol. The predicted molar refractivity (Wildman–Crippen MR) is 246 cm³/mol. The van der Waals surface area contributed by atoms with E-state index >= 15 is 0 Å². The van der Waals surface area contributed by atoms with Crippen LogP contribution in [-0.4, -0.2) is 57.3 Å². The van der Waals surface area contributed by atoms with E-state index in [1.54, 1.807) is 49.1 Å². The lowest BCUT2D eigenvalue weighted by molar-refractivity contribution is 0.503. The standard InChI is InChI=1S/C22H25N7O.C21H25ClN6O.2CH4/c1-14(2)9-12-27-18(26-16-7-6-10-25-21(16)27)13-28-19-17(8-11-24-20(19)23-5)29(15(3)4)22(28)30;1-13(2)8-11-26-17(25-15-6-5-9-24-20(15)26)12-27-18-16(7-10-23-19(18)22)28(14(3)4)21(27)29;;/h6-8,10-11,14-15H,9,12-13H2,1-4H3;5-7,9-10,13-14H,8,11-12H2,1-4H3;2*1H4. The Morgan fingerprint density at radius 3 is 1.49 bits per heavy atom. The third-order valence-electron chi connectivity index (χ3n) is 10.4. The zero-order valence-corrected chi connectivity index (χ0v) is 35.6. The van der Waals surface area contributed by atoms with Crippen molar-refractivity contribution in [2.75, 3.05) is 0 Å². The minimum Gasteiger partial charge on any atom is -0.359 e. The van der Waals surface area contributed by atoms with Crippen molar-refractivity contribution in [3.05, 3.63) is 110 Å². The third-order valence-corrected chi connectivity index (χ3v) is 10.7. The van der Waals surface area contributed by atoms with Crippen LogP contribution in [0, 0.1) is 18.4 Å². The Morgan fingerprint density at radius 1 is 0.607 bits per heavy atom. The van der Waals surface area contributed by atoms with Crippen LogP contribution in [0.5, 0.6) is 0 Å². The van der Waals surface area contributed by atoms with Crippen molar-refractivity contribution in [3.63, 3.8) is 0 Å². The van der Waals surface area contributed by atoms with Gasteiger partial charge < -0.3 is 14.0 Å². The van der Waals surface area contributed by atoms with Crippen LogP contribution in [0.1, 0.15) is 107 Å². The summed E-state index contributed by atoms with van der Waals surface area (Å²) in [4.78, 5) is 57.2. The Morgan fingerprint density at radius 2 is 1.05 bits per heavy atom. The summed E-state index contributed by atoms with van der Waals surface area (Å²) in [7, 11) is 0. The highest BCUT2D eigenvalue weighted by atomic mass is 35.5. The summed E-state index contributed by atoms with van der Waals surface area (Å²) < 4.78 is 11.0. The second-order valence-corrected chi connectivity index (χ2v) is 16.5. The van der Waals surface area contributed by atoms with Gasteiger partial charge in [0.1, 0.15) is 34.4 Å². The Bertz CT molecular complexity index is 2950. The SMILES string of the molecule is C.C.CC(C)CCn1c(Cn2c(=O)n(C(C)C)c3ccnc(Cl)c32)nc2cccnc21.[C-]#[N+]c1nccc2c1n(Cc1nc3cccnc3n1CCC(C)C)c(=O)n2C(C)C. The summed E-state index contributed by atoms with van der Waals surface area (Å²) >= 11 is 6.42. The van der Waals surface area contributed by atoms with Crippen LogP contribution in [-0.2, 0) is 26.2 Å². The van der Waals surface area contributed by atoms with Crippen molar-refractivity contribution in [2.24, 2.45) is 11.8 Å². The lowest BCUT2D eigenvalue weighted by Gasteiger charge is -2.11. The highest BCUT2D eigenvalue weighted by Gasteiger charge is 2.23. The van der Waals surface area contributed by atoms with Crippen molar-refractivity contribution in [2.45, 2.75) is 121 Å². The molecule has 8 aromatic heterocycles. The van der Waals surface area contributed by atoms with Crippen molar-refractivity contribution in [1.82, 2.24) is 57.3 Å². The molecule has 0 saturated heterocycles. The Kier molecular flexibility index (Phi) is 14.4. The van der Waals surface area contributed by atoms with Gasteiger partial charge in [-0.2, -0.15) is 0 Å². The Balaban J connectivity index is 0.000000224. The van der Waals surface area contributed by atoms with E-state index in [9.17, 15) is 9.59 Å². The number of pyridine rings is 4. The molecule has 16 heteroatoms. The summed E-state index contributed by atoms with van der Waals surface area (Å²) in [6.07, 6.45) is 8.73. The molecule has 8 heterocycles. The molecule has 15 nitrogen and oxygen atoms in total. The largest absolute Gasteiger partial charge is 0.359 e. The van der Waals surface area contributed by atoms with Gasteiger partial charge in [-0.25, -0.2) is 34.5 Å². The van der Waals surface area contributed by atoms with Gasteiger partial charge in [-0.1, -0.05) is 60.7 Å². The first-order valence-corrected chi connectivity index (χ1v) is 20.5. The van der Waals surface area contributed by atoms with Crippen LogP contribution < -0.4 is 11.4 Å². The summed E-state index contributed by atoms with van der Waals surface area (Å²) in [5.41, 5.74) is 5.73. The number of rotatable bonds is 12. The third kappa shape index (κ3) is 8.86. The molecule has 0 spiro atoms. The minimum absolute atomic E-state index is 0. The molecule has 0 fully saturated rings. The molecule has 8 aromatic rings. The van der Waals surface area contributed by atoms with Crippen LogP contribution in [0.15, 0.2) is 70.8 Å². The number of imidazole rings is 4. The molecular formula is C45H58ClN13O2. The lowest BCUT2D eigenvalue weighted by Crippen LogP contribution is -2.27. The number of hydrogen-bond acceptors (Lipinski definition) is 8. The highest BCUT2D eigenvalue weighted by molar-refractivity contribution is 6.33. The van der Waals surface area contributed by atoms with E-state index < -0.39 is 0 Å². The summed E-state index contributed by atoms with van der Waals surface area (Å²) in [6.45, 7) is 26.3. The molecule has 0 aliphatic carbocycles. The quantitative estimate of drug-likeness (QED) is 0.0873. The second-order valence-electron chi connectivity index (χ2n) is 16.2. The molecule has 0 aliphatic heterocycles. The smallest absolute Gasteiger partial charge is 0.329 e. The summed E-state index contributed by atoms with van der Waals surface area (Å²) in [5, 5.41) is 0.321. The van der Waals surface area contributed by atoms with Gasteiger partial charge in [-0.3, -0.25) is 18.3 Å². The van der Waals surface area contributed by atoms with Gasteiger partial charge in [-0.05, 0) is 82.7 Å². The number of hydrogen-bond donors (Lipinski definition) is 0. The number of halogens is 1. The fraction of sp³-hybridized carbons (Fsp3) is 0.444. The maximum absolute atomic E-state index is 13.3. The van der Waals surface area contributed by atoms with Crippen molar-refractivity contribution in [3.8, 4) is 0 Å². The van der Waals surface area contributed by atoms with Gasteiger partial charge in [0.2, 0.25) is 0 Å². The van der Waals surface area contributed by atoms with Gasteiger partial charge >= 0.3 is 11.4 Å². The van der Waals surface area contributed by atoms with E-state index in [1.165, 1.54) is 0 Å². The van der Waals surface area contributed by atoms with E-state index in [0.29, 0.717) is 34.6 Å². The highest BCUT2D eigenvalue weighted by Crippen LogP contribution is 2.27. The first-order valence-electron chi connectivity index (χ1n) is 20.1. The van der Waals surface area contributed by atoms with E-state index in [4.69, 9.17) is 28.1 Å². The predicted octanol–water partition coefficient (Wildman–Crippen LogP) is 9.71. The molecule has 61 heavy (non-hydrogen) atoms. The number of nitrogens with zero attached hydrogens (tertiary/aromatic N) is 13. The van der Waals surface area contributed by atoms with Crippen LogP contribution >= 0.6 is 11.6 Å². The molecule has 0 bridgehead atoms. The number of fused-ring (bicyclic) bond motifs is 4. The molecule has 0 radical (unpaired) electrons. The normalized spacial score (nSPS) is 11.5. The zero-order chi connectivity index (χ0) is 42.1. The molecule has 0 aliphatic rings. The van der Waals surface area contributed by atoms with Crippen molar-refractivity contribution >= 4 is 61.8 Å². The van der Waals surface area contributed by atoms with Gasteiger partial charge in [0, 0.05) is 49.8 Å². The fourth-order valence-electron chi connectivity index (χ4n) is 7.56. The average molecular weight is 849 g/mol. The van der Waals surface area contributed by atoms with E-state index in [2.05, 4.69) is 61.6 Å². The van der Waals surface area contributed by atoms with Crippen LogP contribution in [0.25, 0.3) is 49.2 Å². The maximum atomic E-state index is 13.3. The first-order chi connectivity index (χ1) is 28.3. The topological polar surface area (TPSA) is 145 Å². The lowest BCUT2D eigenvalue weighted by atomic mass is 10.1. The Labute approximate surface area is 361 Å². The molecule has 8 rings (SSSR count). The maximum Gasteiger partial charge on any atom is 0.329 e. The van der Waals surface area contributed by atoms with E-state index in [1.807, 2.05) is 58.0 Å². The molecule has 322 valence electrons. The zero-order valence-electron chi connectivity index (χ0n) is 34.8. The van der Waals surface area contributed by atoms with Crippen molar-refractivity contribution < 1.29 is 0 Å². The van der Waals surface area contributed by atoms with Gasteiger partial charge in [0.05, 0.1) is 29.6 Å². The van der Waals surface area contributed by atoms with Crippen LogP contribution in [0.2, 0.25) is 5.15 Å². The second kappa shape index (κ2) is 19.1. The minimum atomic E-state index is -0.159. The van der Waals surface area contributed by atoms with Crippen LogP contribution in [0.3, 0.4) is 0 Å². The number of aryl methyl sites for hydroxylation is 2. The van der Waals surface area contributed by atoms with Gasteiger partial charge in [-0.15, -0.1) is 4.98 Å². The summed E-state index contributed by atoms with van der Waals surface area (Å²) in [6, 6.07) is 11.2. The average Bonchev–Trinajstić information content (AvgIpc) is 3.91. The van der Waals surface area contributed by atoms with E-state index in [0.717, 1.165) is 70.9 Å². The number of aromatic nitrogens is 12. The molecule has 0 atom stereocenters. The molecule has 0 unspecified atom stereocenters. The van der Waals surface area contributed by atoms with Gasteiger partial charge in [0.25, 0.3) is 5.82 Å². The van der Waals surface area contributed by atoms with E-state index in [-0.39, 0.29) is 50.7 Å². The van der Waals surface area contributed by atoms with Crippen molar-refractivity contribution in [1.29, 1.82) is 0 Å². The summed E-state index contributed by atoms with van der Waals surface area (Å²) in [5.74, 6) is 2.86. The molecule has 0 N–H and O–H groups in total. The fourth-order valence-corrected chi connectivity index (χ4v) is 7.82. The first kappa shape index (κ1) is 45.9. The molecule has 0 aromatic carbocycles. The van der Waals surface area contributed by atoms with Gasteiger partial charge in [0.15, 0.2) is 16.4 Å². The molecule has 0 saturated carbocycles.